The molecule has 0 saturated carbocycles. The van der Waals surface area contributed by atoms with Gasteiger partial charge in [-0.15, -0.1) is 0 Å². The molecule has 0 saturated heterocycles. The summed E-state index contributed by atoms with van der Waals surface area (Å²) in [6.07, 6.45) is 1.11. The number of benzene rings is 1. The largest absolute Gasteiger partial charge is 0.496 e. The Morgan fingerprint density at radius 3 is 2.48 bits per heavy atom. The highest BCUT2D eigenvalue weighted by Gasteiger charge is 2.18. The smallest absolute Gasteiger partial charge is 0.356 e. The average molecular weight is 310 g/mol. The van der Waals surface area contributed by atoms with E-state index in [1.807, 2.05) is 0 Å². The number of rotatable bonds is 4. The number of hydrogen-bond donors (Lipinski definition) is 1. The molecular formula is C13H14N2O5S. The van der Waals surface area contributed by atoms with Gasteiger partial charge in [-0.25, -0.2) is 13.2 Å². The van der Waals surface area contributed by atoms with E-state index in [1.54, 1.807) is 13.1 Å². The molecule has 21 heavy (non-hydrogen) atoms. The number of methoxy groups -OCH3 is 1. The van der Waals surface area contributed by atoms with Crippen molar-refractivity contribution in [1.29, 1.82) is 0 Å². The van der Waals surface area contributed by atoms with Gasteiger partial charge in [0.25, 0.3) is 0 Å². The van der Waals surface area contributed by atoms with E-state index < -0.39 is 15.8 Å². The Bertz CT molecular complexity index is 808. The number of carboxylic acid groups (broad SMARTS) is 1. The van der Waals surface area contributed by atoms with Gasteiger partial charge < -0.3 is 9.84 Å². The van der Waals surface area contributed by atoms with Crippen molar-refractivity contribution in [2.45, 2.75) is 4.90 Å². The maximum Gasteiger partial charge on any atom is 0.356 e. The lowest BCUT2D eigenvalue weighted by molar-refractivity contribution is 0.0689. The first-order valence-corrected chi connectivity index (χ1v) is 7.79. The molecule has 0 unspecified atom stereocenters. The molecule has 0 amide bonds. The number of ether oxygens (including phenoxy) is 1. The number of carbonyl (C=O) groups is 1. The minimum atomic E-state index is -3.35. The zero-order chi connectivity index (χ0) is 15.8. The molecule has 1 aromatic carbocycles. The van der Waals surface area contributed by atoms with Crippen LogP contribution in [0.4, 0.5) is 0 Å². The van der Waals surface area contributed by atoms with Crippen molar-refractivity contribution in [3.8, 4) is 17.0 Å². The predicted octanol–water partition coefficient (Wildman–Crippen LogP) is 1.20. The first-order valence-electron chi connectivity index (χ1n) is 5.90. The molecule has 1 aromatic heterocycles. The molecule has 0 radical (unpaired) electrons. The number of carboxylic acids is 1. The zero-order valence-electron chi connectivity index (χ0n) is 11.7. The van der Waals surface area contributed by atoms with Crippen molar-refractivity contribution in [2.24, 2.45) is 7.05 Å². The van der Waals surface area contributed by atoms with E-state index in [1.165, 1.54) is 30.0 Å². The number of nitrogens with zero attached hydrogens (tertiary/aromatic N) is 2. The van der Waals surface area contributed by atoms with Crippen LogP contribution in [0, 0.1) is 0 Å². The average Bonchev–Trinajstić information content (AvgIpc) is 2.79. The maximum absolute atomic E-state index is 11.6. The normalized spacial score (nSPS) is 11.4. The number of sulfone groups is 1. The summed E-state index contributed by atoms with van der Waals surface area (Å²) in [5, 5.41) is 12.8. The van der Waals surface area contributed by atoms with E-state index >= 15 is 0 Å². The van der Waals surface area contributed by atoms with Crippen LogP contribution in [0.25, 0.3) is 11.3 Å². The van der Waals surface area contributed by atoms with Crippen LogP contribution >= 0.6 is 0 Å². The van der Waals surface area contributed by atoms with Gasteiger partial charge in [-0.05, 0) is 24.3 Å². The van der Waals surface area contributed by atoms with Crippen molar-refractivity contribution >= 4 is 15.8 Å². The second kappa shape index (κ2) is 5.21. The van der Waals surface area contributed by atoms with E-state index in [4.69, 9.17) is 9.84 Å². The zero-order valence-corrected chi connectivity index (χ0v) is 12.5. The molecule has 0 fully saturated rings. The lowest BCUT2D eigenvalue weighted by Gasteiger charge is -2.10. The highest BCUT2D eigenvalue weighted by atomic mass is 32.2. The lowest BCUT2D eigenvalue weighted by Crippen LogP contribution is -2.01. The molecule has 0 aliphatic heterocycles. The number of aromatic nitrogens is 2. The SMILES string of the molecule is COc1cc(S(C)(=O)=O)ccc1-c1cc(C(=O)O)nn1C. The summed E-state index contributed by atoms with van der Waals surface area (Å²) in [5.74, 6) is -0.804. The number of aromatic carboxylic acids is 1. The van der Waals surface area contributed by atoms with Crippen molar-refractivity contribution in [3.05, 3.63) is 30.0 Å². The Balaban J connectivity index is 2.62. The monoisotopic (exact) mass is 310 g/mol. The standard InChI is InChI=1S/C13H14N2O5S/c1-15-11(7-10(14-15)13(16)17)9-5-4-8(21(3,18)19)6-12(9)20-2/h4-7H,1-3H3,(H,16,17). The summed E-state index contributed by atoms with van der Waals surface area (Å²) in [7, 11) is -0.330. The van der Waals surface area contributed by atoms with Gasteiger partial charge in [0.2, 0.25) is 0 Å². The molecule has 7 nitrogen and oxygen atoms in total. The van der Waals surface area contributed by atoms with Gasteiger partial charge >= 0.3 is 5.97 Å². The van der Waals surface area contributed by atoms with Crippen LogP contribution in [0.3, 0.4) is 0 Å². The molecule has 0 spiro atoms. The Kier molecular flexibility index (Phi) is 3.73. The summed E-state index contributed by atoms with van der Waals surface area (Å²) in [5.41, 5.74) is 0.985. The van der Waals surface area contributed by atoms with Crippen LogP contribution in [-0.4, -0.2) is 42.6 Å². The third-order valence-electron chi connectivity index (χ3n) is 2.98. The third kappa shape index (κ3) is 2.89. The summed E-state index contributed by atoms with van der Waals surface area (Å²) in [6, 6.07) is 5.82. The molecular weight excluding hydrogens is 296 g/mol. The third-order valence-corrected chi connectivity index (χ3v) is 4.09. The van der Waals surface area contributed by atoms with Crippen LogP contribution in [-0.2, 0) is 16.9 Å². The minimum absolute atomic E-state index is 0.0956. The molecule has 8 heteroatoms. The molecule has 0 atom stereocenters. The Hall–Kier alpha value is -2.35. The van der Waals surface area contributed by atoms with Crippen LogP contribution < -0.4 is 4.74 Å². The van der Waals surface area contributed by atoms with Crippen molar-refractivity contribution in [2.75, 3.05) is 13.4 Å². The van der Waals surface area contributed by atoms with Gasteiger partial charge in [-0.3, -0.25) is 4.68 Å². The summed E-state index contributed by atoms with van der Waals surface area (Å²) in [4.78, 5) is 11.1. The second-order valence-electron chi connectivity index (χ2n) is 4.48. The molecule has 0 aliphatic rings. The minimum Gasteiger partial charge on any atom is -0.496 e. The van der Waals surface area contributed by atoms with Crippen molar-refractivity contribution < 1.29 is 23.1 Å². The summed E-state index contributed by atoms with van der Waals surface area (Å²) < 4.78 is 29.7. The van der Waals surface area contributed by atoms with Crippen LogP contribution in [0.15, 0.2) is 29.2 Å². The van der Waals surface area contributed by atoms with Gasteiger partial charge in [0.05, 0.1) is 17.7 Å². The van der Waals surface area contributed by atoms with Crippen LogP contribution in [0.2, 0.25) is 0 Å². The van der Waals surface area contributed by atoms with Gasteiger partial charge in [0.1, 0.15) is 5.75 Å². The maximum atomic E-state index is 11.6. The molecule has 0 aliphatic carbocycles. The van der Waals surface area contributed by atoms with E-state index in [-0.39, 0.29) is 10.6 Å². The second-order valence-corrected chi connectivity index (χ2v) is 6.49. The first-order chi connectivity index (χ1) is 9.74. The molecule has 1 N–H and O–H groups in total. The molecule has 2 rings (SSSR count). The van der Waals surface area contributed by atoms with E-state index in [0.717, 1.165) is 6.26 Å². The fourth-order valence-electron chi connectivity index (χ4n) is 1.94. The molecule has 0 bridgehead atoms. The molecule has 112 valence electrons. The number of aryl methyl sites for hydroxylation is 1. The quantitative estimate of drug-likeness (QED) is 0.911. The summed E-state index contributed by atoms with van der Waals surface area (Å²) >= 11 is 0. The van der Waals surface area contributed by atoms with Crippen LogP contribution in [0.5, 0.6) is 5.75 Å². The van der Waals surface area contributed by atoms with Gasteiger partial charge in [-0.2, -0.15) is 5.10 Å². The van der Waals surface area contributed by atoms with Gasteiger partial charge in [-0.1, -0.05) is 0 Å². The Morgan fingerprint density at radius 2 is 2.00 bits per heavy atom. The van der Waals surface area contributed by atoms with Crippen LogP contribution in [0.1, 0.15) is 10.5 Å². The van der Waals surface area contributed by atoms with E-state index in [9.17, 15) is 13.2 Å². The predicted molar refractivity (Wildman–Crippen MR) is 75.3 cm³/mol. The Labute approximate surface area is 121 Å². The fourth-order valence-corrected chi connectivity index (χ4v) is 2.57. The topological polar surface area (TPSA) is 98.5 Å². The van der Waals surface area contributed by atoms with Crippen molar-refractivity contribution in [1.82, 2.24) is 9.78 Å². The van der Waals surface area contributed by atoms with E-state index in [2.05, 4.69) is 5.10 Å². The van der Waals surface area contributed by atoms with Gasteiger partial charge in [0, 0.05) is 18.9 Å². The lowest BCUT2D eigenvalue weighted by atomic mass is 10.1. The van der Waals surface area contributed by atoms with E-state index in [0.29, 0.717) is 17.0 Å². The van der Waals surface area contributed by atoms with Gasteiger partial charge in [0.15, 0.2) is 15.5 Å². The molecule has 2 aromatic rings. The summed E-state index contributed by atoms with van der Waals surface area (Å²) in [6.45, 7) is 0. The number of hydrogen-bond acceptors (Lipinski definition) is 5. The van der Waals surface area contributed by atoms with Crippen molar-refractivity contribution in [3.63, 3.8) is 0 Å². The molecule has 1 heterocycles. The Morgan fingerprint density at radius 1 is 1.33 bits per heavy atom. The fraction of sp³-hybridized carbons (Fsp3) is 0.231. The highest BCUT2D eigenvalue weighted by Crippen LogP contribution is 2.32. The first kappa shape index (κ1) is 15.0. The highest BCUT2D eigenvalue weighted by molar-refractivity contribution is 7.90.